The second-order valence-electron chi connectivity index (χ2n) is 10.2. The van der Waals surface area contributed by atoms with E-state index in [9.17, 15) is 24.6 Å². The molecule has 4 rings (SSSR count). The average Bonchev–Trinajstić information content (AvgIpc) is 3.01. The number of ketones is 2. The summed E-state index contributed by atoms with van der Waals surface area (Å²) in [5.74, 6) is -5.28. The Morgan fingerprint density at radius 3 is 2.75 bits per heavy atom. The van der Waals surface area contributed by atoms with Crippen molar-refractivity contribution in [3.05, 3.63) is 23.8 Å². The van der Waals surface area contributed by atoms with Crippen molar-refractivity contribution >= 4 is 17.5 Å². The zero-order valence-corrected chi connectivity index (χ0v) is 18.5. The molecule has 176 valence electrons. The van der Waals surface area contributed by atoms with Gasteiger partial charge in [-0.2, -0.15) is 0 Å². The SMILES string of the molecule is [2H]C([2H])([2H])C([2H])([2H])C(=O)O[C@]1(C(=O)CO)[C@@H](C)CC2C3CCC4=CC(=O)C=C[C@]4(C)[C@@]3(F)[C@@H](O)C[C@@]21C. The highest BCUT2D eigenvalue weighted by molar-refractivity contribution is 6.01. The molecular weight excluding hydrogens is 415 g/mol. The van der Waals surface area contributed by atoms with Gasteiger partial charge in [0.15, 0.2) is 17.1 Å². The number of fused-ring (bicyclic) bond motifs is 5. The van der Waals surface area contributed by atoms with Gasteiger partial charge in [-0.05, 0) is 50.7 Å². The van der Waals surface area contributed by atoms with Gasteiger partial charge in [-0.25, -0.2) is 4.39 Å². The van der Waals surface area contributed by atoms with Crippen LogP contribution in [0.2, 0.25) is 0 Å². The first kappa shape index (κ1) is 17.6. The van der Waals surface area contributed by atoms with Crippen molar-refractivity contribution in [3.63, 3.8) is 0 Å². The van der Waals surface area contributed by atoms with Gasteiger partial charge >= 0.3 is 5.97 Å². The Labute approximate surface area is 194 Å². The molecule has 32 heavy (non-hydrogen) atoms. The fraction of sp³-hybridized carbons (Fsp3) is 0.720. The monoisotopic (exact) mass is 453 g/mol. The lowest BCUT2D eigenvalue weighted by atomic mass is 9.44. The fourth-order valence-electron chi connectivity index (χ4n) is 7.69. The molecule has 0 spiro atoms. The molecule has 4 aliphatic rings. The van der Waals surface area contributed by atoms with E-state index in [0.717, 1.165) is 0 Å². The predicted molar refractivity (Wildman–Crippen MR) is 114 cm³/mol. The number of aliphatic hydroxyl groups is 2. The average molecular weight is 454 g/mol. The summed E-state index contributed by atoms with van der Waals surface area (Å²) >= 11 is 0. The van der Waals surface area contributed by atoms with Crippen LogP contribution in [0.3, 0.4) is 0 Å². The molecule has 2 N–H and O–H groups in total. The van der Waals surface area contributed by atoms with Crippen LogP contribution < -0.4 is 0 Å². The first-order valence-corrected chi connectivity index (χ1v) is 11.0. The summed E-state index contributed by atoms with van der Waals surface area (Å²) in [6.07, 6.45) is -0.537. The molecule has 0 aliphatic heterocycles. The van der Waals surface area contributed by atoms with E-state index in [1.54, 1.807) is 20.8 Å². The maximum absolute atomic E-state index is 17.3. The van der Waals surface area contributed by atoms with Crippen molar-refractivity contribution in [2.75, 3.05) is 6.61 Å². The van der Waals surface area contributed by atoms with Crippen molar-refractivity contribution in [1.29, 1.82) is 0 Å². The lowest BCUT2D eigenvalue weighted by Gasteiger charge is -2.62. The zero-order chi connectivity index (χ0) is 28.0. The number of ether oxygens (including phenoxy) is 1. The second kappa shape index (κ2) is 7.32. The first-order chi connectivity index (χ1) is 16.8. The Kier molecular flexibility index (Phi) is 4.03. The zero-order valence-electron chi connectivity index (χ0n) is 23.5. The van der Waals surface area contributed by atoms with Gasteiger partial charge in [0.25, 0.3) is 0 Å². The normalized spacial score (nSPS) is 50.4. The minimum Gasteiger partial charge on any atom is -0.450 e. The van der Waals surface area contributed by atoms with E-state index < -0.39 is 77.5 Å². The molecule has 0 radical (unpaired) electrons. The summed E-state index contributed by atoms with van der Waals surface area (Å²) in [6, 6.07) is 0. The van der Waals surface area contributed by atoms with E-state index in [2.05, 4.69) is 0 Å². The molecule has 0 bridgehead atoms. The highest BCUT2D eigenvalue weighted by atomic mass is 19.1. The molecule has 7 heteroatoms. The van der Waals surface area contributed by atoms with Gasteiger partial charge in [0.2, 0.25) is 5.78 Å². The smallest absolute Gasteiger partial charge is 0.306 e. The van der Waals surface area contributed by atoms with E-state index >= 15 is 4.39 Å². The molecule has 3 fully saturated rings. The van der Waals surface area contributed by atoms with Crippen molar-refractivity contribution in [1.82, 2.24) is 0 Å². The summed E-state index contributed by atoms with van der Waals surface area (Å²) < 4.78 is 60.9. The van der Waals surface area contributed by atoms with Gasteiger partial charge in [0, 0.05) is 35.9 Å². The number of carbonyl (C=O) groups is 3. The molecule has 4 aliphatic carbocycles. The number of esters is 1. The minimum absolute atomic E-state index is 0.160. The number of hydrogen-bond donors (Lipinski definition) is 2. The van der Waals surface area contributed by atoms with Crippen molar-refractivity contribution in [2.45, 2.75) is 77.1 Å². The van der Waals surface area contributed by atoms with Crippen LogP contribution in [0, 0.1) is 28.6 Å². The lowest BCUT2D eigenvalue weighted by Crippen LogP contribution is -2.70. The third-order valence-electron chi connectivity index (χ3n) is 9.09. The summed E-state index contributed by atoms with van der Waals surface area (Å²) in [6.45, 7) is 0.296. The molecule has 3 saturated carbocycles. The summed E-state index contributed by atoms with van der Waals surface area (Å²) in [7, 11) is 0. The molecule has 8 atom stereocenters. The number of carbonyl (C=O) groups excluding carboxylic acids is 3. The summed E-state index contributed by atoms with van der Waals surface area (Å²) in [5, 5.41) is 21.3. The number of allylic oxidation sites excluding steroid dienone is 4. The molecular formula is C25H33FO6. The van der Waals surface area contributed by atoms with Crippen LogP contribution in [0.25, 0.3) is 0 Å². The predicted octanol–water partition coefficient (Wildman–Crippen LogP) is 2.86. The Morgan fingerprint density at radius 2 is 2.09 bits per heavy atom. The quantitative estimate of drug-likeness (QED) is 0.635. The van der Waals surface area contributed by atoms with Crippen LogP contribution in [0.1, 0.15) is 66.5 Å². The third kappa shape index (κ3) is 2.61. The van der Waals surface area contributed by atoms with Crippen LogP contribution >= 0.6 is 0 Å². The van der Waals surface area contributed by atoms with Crippen molar-refractivity contribution in [2.24, 2.45) is 28.6 Å². The Bertz CT molecular complexity index is 1100. The van der Waals surface area contributed by atoms with Crippen molar-refractivity contribution in [3.8, 4) is 0 Å². The molecule has 2 unspecified atom stereocenters. The summed E-state index contributed by atoms with van der Waals surface area (Å²) in [5.41, 5.74) is -6.54. The van der Waals surface area contributed by atoms with Gasteiger partial charge in [0.1, 0.15) is 6.61 Å². The van der Waals surface area contributed by atoms with Gasteiger partial charge in [-0.3, -0.25) is 14.4 Å². The van der Waals surface area contributed by atoms with Crippen LogP contribution in [0.4, 0.5) is 4.39 Å². The van der Waals surface area contributed by atoms with E-state index in [4.69, 9.17) is 11.6 Å². The second-order valence-corrected chi connectivity index (χ2v) is 10.2. The highest BCUT2D eigenvalue weighted by Gasteiger charge is 2.77. The van der Waals surface area contributed by atoms with Crippen molar-refractivity contribution < 1.29 is 40.6 Å². The van der Waals surface area contributed by atoms with Gasteiger partial charge in [-0.1, -0.05) is 32.3 Å². The van der Waals surface area contributed by atoms with Gasteiger partial charge in [0.05, 0.1) is 6.10 Å². The topological polar surface area (TPSA) is 101 Å². The molecule has 0 saturated heterocycles. The molecule has 0 amide bonds. The molecule has 0 aromatic rings. The molecule has 0 heterocycles. The molecule has 6 nitrogen and oxygen atoms in total. The number of aliphatic hydroxyl groups excluding tert-OH is 2. The van der Waals surface area contributed by atoms with Crippen LogP contribution in [-0.2, 0) is 19.1 Å². The fourth-order valence-corrected chi connectivity index (χ4v) is 7.69. The molecule has 0 aromatic heterocycles. The van der Waals surface area contributed by atoms with Crippen LogP contribution in [0.5, 0.6) is 0 Å². The number of rotatable bonds is 4. The largest absolute Gasteiger partial charge is 0.450 e. The summed E-state index contributed by atoms with van der Waals surface area (Å²) in [4.78, 5) is 38.3. The first-order valence-electron chi connectivity index (χ1n) is 13.5. The number of Topliss-reactive ketones (excluding diaryl/α,β-unsaturated/α-hetero) is 1. The van der Waals surface area contributed by atoms with E-state index in [-0.39, 0.29) is 25.0 Å². The number of halogens is 1. The Balaban J connectivity index is 1.84. The maximum atomic E-state index is 17.3. The van der Waals surface area contributed by atoms with Gasteiger partial charge < -0.3 is 14.9 Å². The van der Waals surface area contributed by atoms with E-state index in [1.165, 1.54) is 18.2 Å². The maximum Gasteiger partial charge on any atom is 0.306 e. The van der Waals surface area contributed by atoms with E-state index in [1.807, 2.05) is 0 Å². The Hall–Kier alpha value is -1.86. The van der Waals surface area contributed by atoms with Gasteiger partial charge in [-0.15, -0.1) is 0 Å². The van der Waals surface area contributed by atoms with E-state index in [0.29, 0.717) is 12.0 Å². The number of alkyl halides is 1. The standard InChI is InChI=1S/C25H33FO6/c1-5-21(31)32-25(20(30)13-27)14(2)10-18-17-7-6-15-11-16(28)8-9-22(15,3)24(17,26)19(29)12-23(18,25)4/h8-9,11,14,17-19,27,29H,5-7,10,12-13H2,1-4H3/t14-,17?,18?,19-,22-,23-,24-,25-/m0/s1/i1D3,5D2. The lowest BCUT2D eigenvalue weighted by molar-refractivity contribution is -0.228. The molecule has 0 aromatic carbocycles. The Morgan fingerprint density at radius 1 is 1.38 bits per heavy atom. The minimum atomic E-state index is -3.45. The number of hydrogen-bond acceptors (Lipinski definition) is 6. The highest BCUT2D eigenvalue weighted by Crippen LogP contribution is 2.71. The van der Waals surface area contributed by atoms with Crippen LogP contribution in [-0.4, -0.2) is 51.7 Å². The van der Waals surface area contributed by atoms with Crippen LogP contribution in [0.15, 0.2) is 23.8 Å². The third-order valence-corrected chi connectivity index (χ3v) is 9.09.